The molecule has 2 rings (SSSR count). The van der Waals surface area contributed by atoms with Gasteiger partial charge in [0.05, 0.1) is 15.1 Å². The number of hydrogen-bond acceptors (Lipinski definition) is 4. The molecule has 0 atom stereocenters. The topological polar surface area (TPSA) is 35.0 Å². The minimum absolute atomic E-state index is 0.224. The maximum atomic E-state index is 5.95. The van der Waals surface area contributed by atoms with Gasteiger partial charge in [-0.25, -0.2) is 0 Å². The zero-order valence-electron chi connectivity index (χ0n) is 8.08. The standard InChI is InChI=1S/C9H4Cl4N2OS/c10-4-1-6(12)7(2-5(4)11)16-3-8-14-15-9(13)17-8/h1-2H,3H2. The summed E-state index contributed by atoms with van der Waals surface area (Å²) in [7, 11) is 0. The third-order valence-corrected chi connectivity index (χ3v) is 3.78. The third kappa shape index (κ3) is 3.36. The predicted molar refractivity (Wildman–Crippen MR) is 70.7 cm³/mol. The summed E-state index contributed by atoms with van der Waals surface area (Å²) in [6.07, 6.45) is 0. The highest BCUT2D eigenvalue weighted by Gasteiger charge is 2.09. The molecular formula is C9H4Cl4N2OS. The fourth-order valence-electron chi connectivity index (χ4n) is 1.05. The van der Waals surface area contributed by atoms with Gasteiger partial charge in [-0.3, -0.25) is 0 Å². The molecule has 0 aliphatic carbocycles. The van der Waals surface area contributed by atoms with E-state index in [0.717, 1.165) is 0 Å². The maximum absolute atomic E-state index is 5.95. The first-order valence-corrected chi connectivity index (χ1v) is 6.64. The molecule has 2 aromatic rings. The molecule has 0 spiro atoms. The van der Waals surface area contributed by atoms with Gasteiger partial charge >= 0.3 is 0 Å². The van der Waals surface area contributed by atoms with Crippen LogP contribution in [0, 0.1) is 0 Å². The van der Waals surface area contributed by atoms with Crippen molar-refractivity contribution in [3.63, 3.8) is 0 Å². The zero-order valence-corrected chi connectivity index (χ0v) is 11.9. The fraction of sp³-hybridized carbons (Fsp3) is 0.111. The molecule has 0 bridgehead atoms. The van der Waals surface area contributed by atoms with Gasteiger partial charge in [0.15, 0.2) is 5.01 Å². The SMILES string of the molecule is Clc1nnc(COc2cc(Cl)c(Cl)cc2Cl)s1. The Morgan fingerprint density at radius 3 is 2.35 bits per heavy atom. The van der Waals surface area contributed by atoms with E-state index in [0.29, 0.717) is 30.3 Å². The van der Waals surface area contributed by atoms with Crippen LogP contribution in [0.4, 0.5) is 0 Å². The van der Waals surface area contributed by atoms with Crippen LogP contribution in [0.2, 0.25) is 19.5 Å². The average molecular weight is 330 g/mol. The number of aromatic nitrogens is 2. The van der Waals surface area contributed by atoms with E-state index in [1.54, 1.807) is 6.07 Å². The Labute approximate surface area is 121 Å². The van der Waals surface area contributed by atoms with Gasteiger partial charge in [0.25, 0.3) is 0 Å². The van der Waals surface area contributed by atoms with Crippen LogP contribution in [0.1, 0.15) is 5.01 Å². The van der Waals surface area contributed by atoms with Crippen molar-refractivity contribution in [3.05, 3.63) is 36.7 Å². The summed E-state index contributed by atoms with van der Waals surface area (Å²) in [6, 6.07) is 3.07. The monoisotopic (exact) mass is 328 g/mol. The Balaban J connectivity index is 2.11. The summed E-state index contributed by atoms with van der Waals surface area (Å²) in [6.45, 7) is 0.224. The minimum atomic E-state index is 0.224. The van der Waals surface area contributed by atoms with E-state index in [9.17, 15) is 0 Å². The lowest BCUT2D eigenvalue weighted by atomic mass is 10.3. The van der Waals surface area contributed by atoms with Crippen molar-refractivity contribution in [2.24, 2.45) is 0 Å². The van der Waals surface area contributed by atoms with Crippen molar-refractivity contribution in [2.75, 3.05) is 0 Å². The summed E-state index contributed by atoms with van der Waals surface area (Å²) in [4.78, 5) is 0. The normalized spacial score (nSPS) is 10.6. The van der Waals surface area contributed by atoms with Crippen LogP contribution in [0.3, 0.4) is 0 Å². The molecule has 0 unspecified atom stereocenters. The molecule has 0 aliphatic rings. The highest BCUT2D eigenvalue weighted by Crippen LogP contribution is 2.34. The lowest BCUT2D eigenvalue weighted by molar-refractivity contribution is 0.305. The predicted octanol–water partition coefficient (Wildman–Crippen LogP) is 4.73. The smallest absolute Gasteiger partial charge is 0.207 e. The van der Waals surface area contributed by atoms with E-state index in [1.165, 1.54) is 17.4 Å². The molecule has 0 saturated heterocycles. The second-order valence-electron chi connectivity index (χ2n) is 2.93. The molecule has 8 heteroatoms. The number of nitrogens with zero attached hydrogens (tertiary/aromatic N) is 2. The van der Waals surface area contributed by atoms with Crippen molar-refractivity contribution >= 4 is 57.7 Å². The summed E-state index contributed by atoms with van der Waals surface area (Å²) in [5, 5.41) is 9.26. The maximum Gasteiger partial charge on any atom is 0.207 e. The second kappa shape index (κ2) is 5.59. The Morgan fingerprint density at radius 2 is 1.71 bits per heavy atom. The van der Waals surface area contributed by atoms with Crippen molar-refractivity contribution in [2.45, 2.75) is 6.61 Å². The van der Waals surface area contributed by atoms with Crippen LogP contribution < -0.4 is 4.74 Å². The van der Waals surface area contributed by atoms with E-state index in [-0.39, 0.29) is 6.61 Å². The van der Waals surface area contributed by atoms with Gasteiger partial charge in [0.1, 0.15) is 12.4 Å². The van der Waals surface area contributed by atoms with Gasteiger partial charge in [0.2, 0.25) is 4.47 Å². The van der Waals surface area contributed by atoms with E-state index >= 15 is 0 Å². The third-order valence-electron chi connectivity index (χ3n) is 1.77. The first-order chi connectivity index (χ1) is 8.06. The molecule has 1 aromatic heterocycles. The molecule has 0 radical (unpaired) electrons. The molecule has 0 saturated carbocycles. The Kier molecular flexibility index (Phi) is 4.33. The zero-order chi connectivity index (χ0) is 12.4. The Morgan fingerprint density at radius 1 is 1.00 bits per heavy atom. The van der Waals surface area contributed by atoms with Crippen LogP contribution in [-0.4, -0.2) is 10.2 Å². The van der Waals surface area contributed by atoms with Gasteiger partial charge in [-0.05, 0) is 17.7 Å². The van der Waals surface area contributed by atoms with Crippen LogP contribution in [0.5, 0.6) is 5.75 Å². The van der Waals surface area contributed by atoms with Gasteiger partial charge < -0.3 is 4.74 Å². The van der Waals surface area contributed by atoms with E-state index in [4.69, 9.17) is 51.1 Å². The van der Waals surface area contributed by atoms with Crippen molar-refractivity contribution < 1.29 is 4.74 Å². The minimum Gasteiger partial charge on any atom is -0.485 e. The van der Waals surface area contributed by atoms with E-state index in [2.05, 4.69) is 10.2 Å². The summed E-state index contributed by atoms with van der Waals surface area (Å²) in [5.74, 6) is 0.437. The molecule has 0 aliphatic heterocycles. The molecular weight excluding hydrogens is 326 g/mol. The van der Waals surface area contributed by atoms with Crippen molar-refractivity contribution in [1.82, 2.24) is 10.2 Å². The van der Waals surface area contributed by atoms with Gasteiger partial charge in [-0.15, -0.1) is 10.2 Å². The first kappa shape index (κ1) is 13.2. The number of rotatable bonds is 3. The van der Waals surface area contributed by atoms with Crippen LogP contribution in [-0.2, 0) is 6.61 Å². The van der Waals surface area contributed by atoms with Gasteiger partial charge in [0, 0.05) is 6.07 Å². The second-order valence-corrected chi connectivity index (χ2v) is 5.80. The van der Waals surface area contributed by atoms with E-state index < -0.39 is 0 Å². The van der Waals surface area contributed by atoms with Crippen LogP contribution in [0.15, 0.2) is 12.1 Å². The molecule has 1 heterocycles. The van der Waals surface area contributed by atoms with Crippen LogP contribution >= 0.6 is 57.7 Å². The van der Waals surface area contributed by atoms with Gasteiger partial charge in [-0.1, -0.05) is 46.1 Å². The summed E-state index contributed by atoms with van der Waals surface area (Å²) in [5.41, 5.74) is 0. The van der Waals surface area contributed by atoms with Crippen molar-refractivity contribution in [1.29, 1.82) is 0 Å². The molecule has 0 amide bonds. The number of ether oxygens (including phenoxy) is 1. The summed E-state index contributed by atoms with van der Waals surface area (Å²) >= 11 is 24.5. The van der Waals surface area contributed by atoms with Gasteiger partial charge in [-0.2, -0.15) is 0 Å². The molecule has 0 N–H and O–H groups in total. The number of halogens is 4. The highest BCUT2D eigenvalue weighted by atomic mass is 35.5. The Hall–Kier alpha value is -0.260. The lowest BCUT2D eigenvalue weighted by Crippen LogP contribution is -1.95. The molecule has 3 nitrogen and oxygen atoms in total. The van der Waals surface area contributed by atoms with Crippen LogP contribution in [0.25, 0.3) is 0 Å². The lowest BCUT2D eigenvalue weighted by Gasteiger charge is -2.07. The Bertz CT molecular complexity index is 546. The highest BCUT2D eigenvalue weighted by molar-refractivity contribution is 7.15. The van der Waals surface area contributed by atoms with Crippen molar-refractivity contribution in [3.8, 4) is 5.75 Å². The first-order valence-electron chi connectivity index (χ1n) is 4.31. The summed E-state index contributed by atoms with van der Waals surface area (Å²) < 4.78 is 5.81. The number of hydrogen-bond donors (Lipinski definition) is 0. The fourth-order valence-corrected chi connectivity index (χ4v) is 2.42. The van der Waals surface area contributed by atoms with E-state index in [1.807, 2.05) is 0 Å². The average Bonchev–Trinajstić information content (AvgIpc) is 2.68. The largest absolute Gasteiger partial charge is 0.485 e. The quantitative estimate of drug-likeness (QED) is 0.763. The molecule has 1 aromatic carbocycles. The molecule has 17 heavy (non-hydrogen) atoms. The molecule has 90 valence electrons. The number of benzene rings is 1. The molecule has 0 fully saturated rings.